The minimum Gasteiger partial charge on any atom is -0.493 e. The summed E-state index contributed by atoms with van der Waals surface area (Å²) in [5.41, 5.74) is 0.220. The Morgan fingerprint density at radius 2 is 1.44 bits per heavy atom. The molecule has 1 fully saturated rings. The highest BCUT2D eigenvalue weighted by atomic mass is 16.5. The number of Topliss-reactive ketones (excluding diaryl/α,β-unsaturated/α-hetero) is 1. The van der Waals surface area contributed by atoms with Crippen LogP contribution in [0.1, 0.15) is 40.0 Å². The minimum absolute atomic E-state index is 0.00777. The Balaban J connectivity index is 1.55. The Hall–Kier alpha value is -3.62. The SMILES string of the molecule is COc1cc(C(=O)N2CCC3(CC2)CC(=O)c2ccc(OC)c(OC)c2O3)cc(OC)c1OC. The first-order valence-electron chi connectivity index (χ1n) is 11.0. The lowest BCUT2D eigenvalue weighted by molar-refractivity contribution is -0.00747. The van der Waals surface area contributed by atoms with Crippen LogP contribution in [0.5, 0.6) is 34.5 Å². The van der Waals surface area contributed by atoms with Gasteiger partial charge in [-0.25, -0.2) is 0 Å². The standard InChI is InChI=1S/C25H29NO8/c1-29-18-7-6-16-17(27)14-25(34-21(16)23(18)33-5)8-10-26(11-9-25)24(28)15-12-19(30-2)22(32-4)20(13-15)31-3/h6-7,12-13H,8-11,14H2,1-5H3. The van der Waals surface area contributed by atoms with E-state index in [1.165, 1.54) is 35.5 Å². The average molecular weight is 472 g/mol. The van der Waals surface area contributed by atoms with Gasteiger partial charge in [0.25, 0.3) is 5.91 Å². The predicted octanol–water partition coefficient (Wildman–Crippen LogP) is 3.37. The van der Waals surface area contributed by atoms with E-state index in [0.29, 0.717) is 71.6 Å². The van der Waals surface area contributed by atoms with Crippen molar-refractivity contribution >= 4 is 11.7 Å². The van der Waals surface area contributed by atoms with E-state index in [0.717, 1.165) is 0 Å². The smallest absolute Gasteiger partial charge is 0.254 e. The summed E-state index contributed by atoms with van der Waals surface area (Å²) in [7, 11) is 7.59. The van der Waals surface area contributed by atoms with E-state index >= 15 is 0 Å². The molecule has 0 bridgehead atoms. The predicted molar refractivity (Wildman–Crippen MR) is 123 cm³/mol. The first-order chi connectivity index (χ1) is 16.4. The average Bonchev–Trinajstić information content (AvgIpc) is 2.86. The Morgan fingerprint density at radius 3 is 1.97 bits per heavy atom. The van der Waals surface area contributed by atoms with Crippen molar-refractivity contribution < 1.29 is 38.0 Å². The Labute approximate surface area is 198 Å². The maximum Gasteiger partial charge on any atom is 0.254 e. The van der Waals surface area contributed by atoms with Crippen molar-refractivity contribution in [1.29, 1.82) is 0 Å². The monoisotopic (exact) mass is 471 g/mol. The van der Waals surface area contributed by atoms with Gasteiger partial charge in [-0.2, -0.15) is 0 Å². The zero-order valence-electron chi connectivity index (χ0n) is 20.1. The molecule has 0 aromatic heterocycles. The number of hydrogen-bond donors (Lipinski definition) is 0. The first kappa shape index (κ1) is 23.5. The van der Waals surface area contributed by atoms with Crippen molar-refractivity contribution in [3.63, 3.8) is 0 Å². The molecule has 2 aliphatic rings. The molecule has 0 radical (unpaired) electrons. The Morgan fingerprint density at radius 1 is 0.853 bits per heavy atom. The summed E-state index contributed by atoms with van der Waals surface area (Å²) in [5.74, 6) is 2.40. The topological polar surface area (TPSA) is 92.8 Å². The zero-order valence-corrected chi connectivity index (χ0v) is 20.1. The van der Waals surface area contributed by atoms with E-state index in [9.17, 15) is 9.59 Å². The number of amides is 1. The zero-order chi connectivity index (χ0) is 24.5. The third-order valence-electron chi connectivity index (χ3n) is 6.48. The molecule has 2 aromatic carbocycles. The molecule has 2 aliphatic heterocycles. The molecule has 2 heterocycles. The summed E-state index contributed by atoms with van der Waals surface area (Å²) in [5, 5.41) is 0. The lowest BCUT2D eigenvalue weighted by atomic mass is 9.82. The van der Waals surface area contributed by atoms with Crippen molar-refractivity contribution in [2.24, 2.45) is 0 Å². The quantitative estimate of drug-likeness (QED) is 0.633. The van der Waals surface area contributed by atoms with E-state index in [-0.39, 0.29) is 18.1 Å². The molecule has 182 valence electrons. The van der Waals surface area contributed by atoms with Crippen LogP contribution in [0, 0.1) is 0 Å². The van der Waals surface area contributed by atoms with Crippen LogP contribution < -0.4 is 28.4 Å². The number of nitrogens with zero attached hydrogens (tertiary/aromatic N) is 1. The van der Waals surface area contributed by atoms with Gasteiger partial charge in [-0.3, -0.25) is 9.59 Å². The molecule has 1 amide bonds. The van der Waals surface area contributed by atoms with Crippen LogP contribution >= 0.6 is 0 Å². The van der Waals surface area contributed by atoms with Crippen LogP contribution in [-0.2, 0) is 0 Å². The second-order valence-corrected chi connectivity index (χ2v) is 8.27. The number of hydrogen-bond acceptors (Lipinski definition) is 8. The lowest BCUT2D eigenvalue weighted by Gasteiger charge is -2.44. The van der Waals surface area contributed by atoms with Crippen LogP contribution in [0.15, 0.2) is 24.3 Å². The van der Waals surface area contributed by atoms with E-state index in [1.807, 2.05) is 0 Å². The number of carbonyl (C=O) groups is 2. The van der Waals surface area contributed by atoms with Crippen LogP contribution in [0.25, 0.3) is 0 Å². The van der Waals surface area contributed by atoms with Crippen molar-refractivity contribution in [2.75, 3.05) is 48.6 Å². The van der Waals surface area contributed by atoms with E-state index in [2.05, 4.69) is 0 Å². The Kier molecular flexibility index (Phi) is 6.45. The number of piperidine rings is 1. The molecule has 0 saturated carbocycles. The second-order valence-electron chi connectivity index (χ2n) is 8.27. The number of methoxy groups -OCH3 is 5. The number of rotatable bonds is 6. The third-order valence-corrected chi connectivity index (χ3v) is 6.48. The van der Waals surface area contributed by atoms with Gasteiger partial charge in [0.05, 0.1) is 47.5 Å². The van der Waals surface area contributed by atoms with E-state index in [4.69, 9.17) is 28.4 Å². The molecular formula is C25H29NO8. The number of ether oxygens (including phenoxy) is 6. The van der Waals surface area contributed by atoms with Crippen LogP contribution in [-0.4, -0.2) is 70.8 Å². The molecule has 0 N–H and O–H groups in total. The van der Waals surface area contributed by atoms with Crippen molar-refractivity contribution in [1.82, 2.24) is 4.90 Å². The molecule has 9 nitrogen and oxygen atoms in total. The normalized spacial score (nSPS) is 16.4. The summed E-state index contributed by atoms with van der Waals surface area (Å²) in [6, 6.07) is 6.69. The van der Waals surface area contributed by atoms with Gasteiger partial charge in [-0.15, -0.1) is 0 Å². The van der Waals surface area contributed by atoms with Gasteiger partial charge >= 0.3 is 0 Å². The van der Waals surface area contributed by atoms with E-state index in [1.54, 1.807) is 29.2 Å². The highest BCUT2D eigenvalue weighted by Crippen LogP contribution is 2.48. The molecule has 2 aromatic rings. The molecule has 34 heavy (non-hydrogen) atoms. The van der Waals surface area contributed by atoms with Gasteiger partial charge in [0.2, 0.25) is 11.5 Å². The summed E-state index contributed by atoms with van der Waals surface area (Å²) in [6.45, 7) is 0.870. The van der Waals surface area contributed by atoms with Gasteiger partial charge in [-0.05, 0) is 24.3 Å². The van der Waals surface area contributed by atoms with Gasteiger partial charge in [0.15, 0.2) is 28.8 Å². The highest BCUT2D eigenvalue weighted by Gasteiger charge is 2.45. The number of carbonyl (C=O) groups excluding carboxylic acids is 2. The fourth-order valence-corrected chi connectivity index (χ4v) is 4.64. The molecule has 0 unspecified atom stereocenters. The van der Waals surface area contributed by atoms with Gasteiger partial charge in [-0.1, -0.05) is 0 Å². The van der Waals surface area contributed by atoms with Crippen LogP contribution in [0.2, 0.25) is 0 Å². The number of benzene rings is 2. The fourth-order valence-electron chi connectivity index (χ4n) is 4.64. The van der Waals surface area contributed by atoms with Crippen LogP contribution in [0.3, 0.4) is 0 Å². The molecule has 9 heteroatoms. The summed E-state index contributed by atoms with van der Waals surface area (Å²) in [4.78, 5) is 28.0. The number of ketones is 1. The number of likely N-dealkylation sites (tertiary alicyclic amines) is 1. The third kappa shape index (κ3) is 3.95. The first-order valence-corrected chi connectivity index (χ1v) is 11.0. The molecule has 0 atom stereocenters. The Bertz CT molecular complexity index is 1080. The fraction of sp³-hybridized carbons (Fsp3) is 0.440. The molecule has 0 aliphatic carbocycles. The van der Waals surface area contributed by atoms with Gasteiger partial charge < -0.3 is 33.3 Å². The highest BCUT2D eigenvalue weighted by molar-refractivity contribution is 6.01. The van der Waals surface area contributed by atoms with Gasteiger partial charge in [0.1, 0.15) is 5.60 Å². The largest absolute Gasteiger partial charge is 0.493 e. The van der Waals surface area contributed by atoms with Gasteiger partial charge in [0, 0.05) is 31.5 Å². The molecular weight excluding hydrogens is 442 g/mol. The maximum atomic E-state index is 13.3. The lowest BCUT2D eigenvalue weighted by Crippen LogP contribution is -2.52. The minimum atomic E-state index is -0.699. The van der Waals surface area contributed by atoms with Crippen molar-refractivity contribution in [3.05, 3.63) is 35.4 Å². The maximum absolute atomic E-state index is 13.3. The molecule has 1 spiro atoms. The van der Waals surface area contributed by atoms with Crippen molar-refractivity contribution in [2.45, 2.75) is 24.9 Å². The van der Waals surface area contributed by atoms with Crippen molar-refractivity contribution in [3.8, 4) is 34.5 Å². The molecule has 1 saturated heterocycles. The summed E-state index contributed by atoms with van der Waals surface area (Å²) < 4.78 is 33.4. The van der Waals surface area contributed by atoms with Crippen LogP contribution in [0.4, 0.5) is 0 Å². The summed E-state index contributed by atoms with van der Waals surface area (Å²) >= 11 is 0. The number of fused-ring (bicyclic) bond motifs is 1. The van der Waals surface area contributed by atoms with E-state index < -0.39 is 5.60 Å². The second kappa shape index (κ2) is 9.32. The molecule has 4 rings (SSSR count). The summed E-state index contributed by atoms with van der Waals surface area (Å²) in [6.07, 6.45) is 1.27.